The number of carbonyl (C=O) groups is 3. The molecule has 0 radical (unpaired) electrons. The monoisotopic (exact) mass is 356 g/mol. The molecule has 0 aromatic carbocycles. The van der Waals surface area contributed by atoms with Crippen LogP contribution >= 0.6 is 0 Å². The first-order valence-corrected chi connectivity index (χ1v) is 8.50. The summed E-state index contributed by atoms with van der Waals surface area (Å²) in [4.78, 5) is 28.3. The molecule has 0 saturated carbocycles. The fourth-order valence-electron chi connectivity index (χ4n) is 0.204. The summed E-state index contributed by atoms with van der Waals surface area (Å²) < 4.78 is 0. The number of aliphatic carboxylic acids is 3. The molecule has 3 atom stereocenters. The van der Waals surface area contributed by atoms with Gasteiger partial charge in [-0.15, -0.1) is 12.3 Å². The Balaban J connectivity index is -0.000000105. The van der Waals surface area contributed by atoms with Gasteiger partial charge in [-0.1, -0.05) is 13.0 Å². The van der Waals surface area contributed by atoms with Crippen LogP contribution in [0.2, 0.25) is 6.04 Å². The second-order valence-electron chi connectivity index (χ2n) is 4.12. The van der Waals surface area contributed by atoms with Crippen LogP contribution in [0, 0.1) is 0 Å². The largest absolute Gasteiger partial charge is 0.479 e. The van der Waals surface area contributed by atoms with E-state index in [9.17, 15) is 14.4 Å². The quantitative estimate of drug-likeness (QED) is 0.341. The smallest absolute Gasteiger partial charge is 0.332 e. The molecule has 0 aliphatic heterocycles. The predicted octanol–water partition coefficient (Wildman–Crippen LogP) is -0.908. The highest BCUT2D eigenvalue weighted by Gasteiger charge is 2.02. The normalized spacial score (nSPS) is 12.8. The third-order valence-electron chi connectivity index (χ3n) is 1.56. The van der Waals surface area contributed by atoms with Crippen LogP contribution < -0.4 is 0 Å². The standard InChI is InChI=1S/C4H10Si.3C3H6O3/c1-3-5-4-2;3*1-2(4)3(5)6/h3H,1,4-5H2,2H3;3*2,4H,1H3,(H,5,6). The third kappa shape index (κ3) is 44.9. The van der Waals surface area contributed by atoms with Crippen molar-refractivity contribution in [2.24, 2.45) is 0 Å². The molecule has 9 nitrogen and oxygen atoms in total. The Bertz CT molecular complexity index is 285. The Morgan fingerprint density at radius 3 is 1.04 bits per heavy atom. The highest BCUT2D eigenvalue weighted by Crippen LogP contribution is 1.74. The van der Waals surface area contributed by atoms with Crippen LogP contribution in [0.5, 0.6) is 0 Å². The van der Waals surface area contributed by atoms with Gasteiger partial charge in [-0.05, 0) is 20.8 Å². The van der Waals surface area contributed by atoms with Gasteiger partial charge in [0, 0.05) is 9.52 Å². The van der Waals surface area contributed by atoms with Gasteiger partial charge >= 0.3 is 17.9 Å². The van der Waals surface area contributed by atoms with Crippen molar-refractivity contribution in [3.63, 3.8) is 0 Å². The number of hydrogen-bond donors (Lipinski definition) is 6. The van der Waals surface area contributed by atoms with Crippen LogP contribution in [0.25, 0.3) is 0 Å². The zero-order valence-corrected chi connectivity index (χ0v) is 15.3. The van der Waals surface area contributed by atoms with E-state index in [-0.39, 0.29) is 9.52 Å². The summed E-state index contributed by atoms with van der Waals surface area (Å²) in [7, 11) is 0.196. The molecule has 0 bridgehead atoms. The minimum absolute atomic E-state index is 0.196. The van der Waals surface area contributed by atoms with Crippen LogP contribution in [-0.2, 0) is 14.4 Å². The summed E-state index contributed by atoms with van der Waals surface area (Å²) in [5.74, 6) is -3.56. The van der Waals surface area contributed by atoms with E-state index in [4.69, 9.17) is 30.6 Å². The highest BCUT2D eigenvalue weighted by atomic mass is 28.2. The minimum atomic E-state index is -1.23. The second-order valence-corrected chi connectivity index (χ2v) is 6.27. The molecule has 3 unspecified atom stereocenters. The van der Waals surface area contributed by atoms with Crippen LogP contribution in [-0.4, -0.2) is 76.4 Å². The topological polar surface area (TPSA) is 173 Å². The van der Waals surface area contributed by atoms with Gasteiger partial charge in [0.25, 0.3) is 0 Å². The molecule has 0 fully saturated rings. The molecule has 0 aromatic rings. The van der Waals surface area contributed by atoms with Crippen molar-refractivity contribution < 1.29 is 45.0 Å². The van der Waals surface area contributed by atoms with E-state index in [0.29, 0.717) is 0 Å². The summed E-state index contributed by atoms with van der Waals surface area (Å²) in [6.07, 6.45) is -3.69. The van der Waals surface area contributed by atoms with E-state index in [1.807, 2.05) is 0 Å². The molecule has 23 heavy (non-hydrogen) atoms. The van der Waals surface area contributed by atoms with Crippen molar-refractivity contribution in [3.05, 3.63) is 12.3 Å². The Kier molecular flexibility index (Phi) is 25.8. The zero-order chi connectivity index (χ0) is 19.6. The fourth-order valence-corrected chi connectivity index (χ4v) is 0.612. The van der Waals surface area contributed by atoms with E-state index < -0.39 is 36.2 Å². The predicted molar refractivity (Wildman–Crippen MR) is 87.2 cm³/mol. The van der Waals surface area contributed by atoms with Crippen molar-refractivity contribution in [1.29, 1.82) is 0 Å². The molecule has 0 aromatic heterocycles. The maximum absolute atomic E-state index is 9.45. The summed E-state index contributed by atoms with van der Waals surface area (Å²) in [5.41, 5.74) is 2.07. The van der Waals surface area contributed by atoms with Gasteiger partial charge < -0.3 is 30.6 Å². The molecule has 6 N–H and O–H groups in total. The average Bonchev–Trinajstić information content (AvgIpc) is 2.41. The van der Waals surface area contributed by atoms with Gasteiger partial charge in [-0.25, -0.2) is 14.4 Å². The molecular weight excluding hydrogens is 328 g/mol. The molecule has 0 heterocycles. The zero-order valence-electron chi connectivity index (χ0n) is 13.8. The Morgan fingerprint density at radius 2 is 1.04 bits per heavy atom. The van der Waals surface area contributed by atoms with Crippen LogP contribution in [0.3, 0.4) is 0 Å². The second kappa shape index (κ2) is 20.2. The van der Waals surface area contributed by atoms with E-state index in [2.05, 4.69) is 19.2 Å². The summed E-state index contributed by atoms with van der Waals surface area (Å²) in [6, 6.07) is 1.36. The van der Waals surface area contributed by atoms with Gasteiger partial charge in [-0.2, -0.15) is 0 Å². The molecule has 0 spiro atoms. The maximum atomic E-state index is 9.45. The molecule has 0 aliphatic rings. The van der Waals surface area contributed by atoms with Gasteiger partial charge in [0.05, 0.1) is 0 Å². The Labute approximate surface area is 137 Å². The Hall–Kier alpha value is -1.75. The van der Waals surface area contributed by atoms with Gasteiger partial charge in [0.15, 0.2) is 0 Å². The van der Waals surface area contributed by atoms with Crippen molar-refractivity contribution in [2.75, 3.05) is 0 Å². The van der Waals surface area contributed by atoms with E-state index in [1.54, 1.807) is 0 Å². The van der Waals surface area contributed by atoms with Gasteiger partial charge in [0.1, 0.15) is 18.3 Å². The number of carboxylic acids is 3. The number of carboxylic acid groups (broad SMARTS) is 3. The van der Waals surface area contributed by atoms with E-state index in [0.717, 1.165) is 0 Å². The summed E-state index contributed by atoms with van der Waals surface area (Å²) >= 11 is 0. The van der Waals surface area contributed by atoms with Crippen molar-refractivity contribution in [3.8, 4) is 0 Å². The molecule has 0 aliphatic carbocycles. The van der Waals surface area contributed by atoms with Gasteiger partial charge in [-0.3, -0.25) is 0 Å². The van der Waals surface area contributed by atoms with Crippen molar-refractivity contribution in [1.82, 2.24) is 0 Å². The van der Waals surface area contributed by atoms with Crippen LogP contribution in [0.1, 0.15) is 27.7 Å². The molecule has 0 rings (SSSR count). The fraction of sp³-hybridized carbons (Fsp3) is 0.615. The van der Waals surface area contributed by atoms with E-state index in [1.165, 1.54) is 26.8 Å². The lowest BCUT2D eigenvalue weighted by Gasteiger charge is -1.89. The lowest BCUT2D eigenvalue weighted by Crippen LogP contribution is -2.13. The first kappa shape index (κ1) is 29.3. The lowest BCUT2D eigenvalue weighted by molar-refractivity contribution is -0.146. The van der Waals surface area contributed by atoms with Crippen LogP contribution in [0.15, 0.2) is 12.3 Å². The van der Waals surface area contributed by atoms with E-state index >= 15 is 0 Å². The molecular formula is C13H28O9Si. The van der Waals surface area contributed by atoms with Gasteiger partial charge in [0.2, 0.25) is 0 Å². The van der Waals surface area contributed by atoms with Crippen molar-refractivity contribution >= 4 is 27.4 Å². The number of aliphatic hydroxyl groups excluding tert-OH is 3. The average molecular weight is 356 g/mol. The number of hydrogen-bond acceptors (Lipinski definition) is 6. The minimum Gasteiger partial charge on any atom is -0.479 e. The molecule has 10 heteroatoms. The van der Waals surface area contributed by atoms with Crippen LogP contribution in [0.4, 0.5) is 0 Å². The van der Waals surface area contributed by atoms with Crippen molar-refractivity contribution in [2.45, 2.75) is 52.1 Å². The number of aliphatic hydroxyl groups is 3. The lowest BCUT2D eigenvalue weighted by atomic mass is 10.4. The number of rotatable bonds is 5. The molecule has 0 saturated heterocycles. The summed E-state index contributed by atoms with van der Waals surface area (Å²) in [5, 5.41) is 47.3. The first-order chi connectivity index (χ1) is 10.3. The maximum Gasteiger partial charge on any atom is 0.332 e. The summed E-state index contributed by atoms with van der Waals surface area (Å²) in [6.45, 7) is 9.40. The molecule has 0 amide bonds. The Morgan fingerprint density at radius 1 is 0.870 bits per heavy atom. The molecule has 138 valence electrons. The highest BCUT2D eigenvalue weighted by molar-refractivity contribution is 6.41. The third-order valence-corrected chi connectivity index (χ3v) is 2.55. The SMILES string of the molecule is C=C[SiH2]CC.CC(O)C(=O)O.CC(O)C(=O)O.CC(O)C(=O)O. The first-order valence-electron chi connectivity index (χ1n) is 6.68.